The summed E-state index contributed by atoms with van der Waals surface area (Å²) in [6, 6.07) is 10.4. The van der Waals surface area contributed by atoms with E-state index in [2.05, 4.69) is 63.4 Å². The Morgan fingerprint density at radius 1 is 1.18 bits per heavy atom. The van der Waals surface area contributed by atoms with Crippen molar-refractivity contribution in [3.8, 4) is 0 Å². The molecule has 6 heteroatoms. The molecule has 0 unspecified atom stereocenters. The van der Waals surface area contributed by atoms with Gasteiger partial charge in [-0.3, -0.25) is 4.90 Å². The Morgan fingerprint density at radius 2 is 1.93 bits per heavy atom. The second-order valence-corrected chi connectivity index (χ2v) is 7.02. The van der Waals surface area contributed by atoms with E-state index in [1.165, 1.54) is 5.56 Å². The van der Waals surface area contributed by atoms with Crippen molar-refractivity contribution in [1.29, 1.82) is 0 Å². The van der Waals surface area contributed by atoms with Gasteiger partial charge in [0.1, 0.15) is 12.3 Å². The molecule has 1 aromatic heterocycles. The number of aliphatic imine (C=N–C) groups is 1. The minimum absolute atomic E-state index is 0.469. The average Bonchev–Trinajstić information content (AvgIpc) is 3.04. The van der Waals surface area contributed by atoms with Crippen LogP contribution in [0.15, 0.2) is 45.8 Å². The van der Waals surface area contributed by atoms with E-state index in [-0.39, 0.29) is 0 Å². The van der Waals surface area contributed by atoms with Crippen LogP contribution in [0.4, 0.5) is 0 Å². The van der Waals surface area contributed by atoms with Gasteiger partial charge in [-0.2, -0.15) is 0 Å². The van der Waals surface area contributed by atoms with Gasteiger partial charge >= 0.3 is 0 Å². The zero-order valence-corrected chi connectivity index (χ0v) is 17.2. The molecule has 1 aromatic carbocycles. The lowest BCUT2D eigenvalue weighted by Crippen LogP contribution is -2.52. The second-order valence-electron chi connectivity index (χ2n) is 7.02. The first-order valence-corrected chi connectivity index (χ1v) is 10.1. The summed E-state index contributed by atoms with van der Waals surface area (Å²) in [5.74, 6) is 2.48. The van der Waals surface area contributed by atoms with Crippen molar-refractivity contribution >= 4 is 12.0 Å². The third kappa shape index (κ3) is 5.70. The van der Waals surface area contributed by atoms with Crippen molar-refractivity contribution in [3.05, 3.63) is 59.3 Å². The Labute approximate surface area is 168 Å². The number of nitrogens with zero attached hydrogens (tertiary/aromatic N) is 4. The zero-order chi connectivity index (χ0) is 19.8. The SMILES string of the molecule is CCNC(=NCc1nc(C)c(C)o1)N1CCN(CC=Cc2ccccc2)CC1. The molecule has 0 atom stereocenters. The van der Waals surface area contributed by atoms with Crippen LogP contribution in [-0.4, -0.2) is 60.0 Å². The van der Waals surface area contributed by atoms with Crippen LogP contribution < -0.4 is 5.32 Å². The highest BCUT2D eigenvalue weighted by atomic mass is 16.4. The first-order valence-electron chi connectivity index (χ1n) is 10.1. The van der Waals surface area contributed by atoms with Gasteiger partial charge in [0.05, 0.1) is 5.69 Å². The molecule has 150 valence electrons. The van der Waals surface area contributed by atoms with E-state index in [0.717, 1.165) is 56.7 Å². The van der Waals surface area contributed by atoms with Crippen LogP contribution >= 0.6 is 0 Å². The van der Waals surface area contributed by atoms with Gasteiger partial charge in [-0.25, -0.2) is 9.98 Å². The molecule has 3 rings (SSSR count). The largest absolute Gasteiger partial charge is 0.444 e. The summed E-state index contributed by atoms with van der Waals surface area (Å²) in [6.45, 7) is 12.3. The van der Waals surface area contributed by atoms with Gasteiger partial charge < -0.3 is 14.6 Å². The number of nitrogens with one attached hydrogen (secondary N) is 1. The molecule has 1 aliphatic rings. The predicted octanol–water partition coefficient (Wildman–Crippen LogP) is 3.09. The number of guanidine groups is 1. The molecule has 0 saturated carbocycles. The molecule has 0 spiro atoms. The minimum Gasteiger partial charge on any atom is -0.444 e. The lowest BCUT2D eigenvalue weighted by molar-refractivity contribution is 0.194. The topological polar surface area (TPSA) is 56.9 Å². The number of aryl methyl sites for hydroxylation is 2. The van der Waals surface area contributed by atoms with Gasteiger partial charge in [-0.15, -0.1) is 0 Å². The molecule has 2 heterocycles. The predicted molar refractivity (Wildman–Crippen MR) is 114 cm³/mol. The van der Waals surface area contributed by atoms with Gasteiger partial charge in [0, 0.05) is 39.3 Å². The maximum atomic E-state index is 5.65. The van der Waals surface area contributed by atoms with Crippen LogP contribution in [0.5, 0.6) is 0 Å². The van der Waals surface area contributed by atoms with Gasteiger partial charge in [-0.05, 0) is 26.3 Å². The van der Waals surface area contributed by atoms with E-state index in [9.17, 15) is 0 Å². The average molecular weight is 382 g/mol. The van der Waals surface area contributed by atoms with Gasteiger partial charge in [0.2, 0.25) is 5.89 Å². The highest BCUT2D eigenvalue weighted by molar-refractivity contribution is 5.80. The van der Waals surface area contributed by atoms with Crippen molar-refractivity contribution in [1.82, 2.24) is 20.1 Å². The van der Waals surface area contributed by atoms with Gasteiger partial charge in [0.25, 0.3) is 0 Å². The molecule has 0 amide bonds. The standard InChI is InChI=1S/C22H31N5O/c1-4-23-22(24-17-21-25-18(2)19(3)28-21)27-15-13-26(14-16-27)12-8-11-20-9-6-5-7-10-20/h5-11H,4,12-17H2,1-3H3,(H,23,24). The third-order valence-corrected chi connectivity index (χ3v) is 4.92. The van der Waals surface area contributed by atoms with Gasteiger partial charge in [0.15, 0.2) is 5.96 Å². The van der Waals surface area contributed by atoms with Crippen LogP contribution in [0.25, 0.3) is 6.08 Å². The summed E-state index contributed by atoms with van der Waals surface area (Å²) in [6.07, 6.45) is 4.44. The molecule has 2 aromatic rings. The Morgan fingerprint density at radius 3 is 2.57 bits per heavy atom. The fourth-order valence-corrected chi connectivity index (χ4v) is 3.22. The first kappa shape index (κ1) is 20.1. The third-order valence-electron chi connectivity index (χ3n) is 4.92. The summed E-state index contributed by atoms with van der Waals surface area (Å²) < 4.78 is 5.65. The molecule has 1 aliphatic heterocycles. The molecule has 1 fully saturated rings. The maximum Gasteiger partial charge on any atom is 0.216 e. The highest BCUT2D eigenvalue weighted by Crippen LogP contribution is 2.10. The number of hydrogen-bond donors (Lipinski definition) is 1. The number of piperazine rings is 1. The second kappa shape index (κ2) is 10.1. The fourth-order valence-electron chi connectivity index (χ4n) is 3.22. The Kier molecular flexibility index (Phi) is 7.25. The lowest BCUT2D eigenvalue weighted by atomic mass is 10.2. The number of oxazole rings is 1. The van der Waals surface area contributed by atoms with Crippen molar-refractivity contribution in [2.75, 3.05) is 39.3 Å². The first-order chi connectivity index (χ1) is 13.7. The Balaban J connectivity index is 1.50. The van der Waals surface area contributed by atoms with Crippen LogP contribution in [0, 0.1) is 13.8 Å². The summed E-state index contributed by atoms with van der Waals surface area (Å²) in [5.41, 5.74) is 2.19. The molecular weight excluding hydrogens is 350 g/mol. The summed E-state index contributed by atoms with van der Waals surface area (Å²) in [5, 5.41) is 3.40. The molecule has 1 saturated heterocycles. The molecular formula is C22H31N5O. The Bertz CT molecular complexity index is 769. The quantitative estimate of drug-likeness (QED) is 0.616. The Hall–Kier alpha value is -2.60. The van der Waals surface area contributed by atoms with Crippen LogP contribution in [0.1, 0.15) is 29.8 Å². The monoisotopic (exact) mass is 381 g/mol. The molecule has 6 nitrogen and oxygen atoms in total. The normalized spacial score (nSPS) is 16.1. The highest BCUT2D eigenvalue weighted by Gasteiger charge is 2.19. The van der Waals surface area contributed by atoms with E-state index in [1.807, 2.05) is 19.9 Å². The van der Waals surface area contributed by atoms with Crippen LogP contribution in [-0.2, 0) is 6.54 Å². The van der Waals surface area contributed by atoms with E-state index >= 15 is 0 Å². The zero-order valence-electron chi connectivity index (χ0n) is 17.2. The molecule has 28 heavy (non-hydrogen) atoms. The summed E-state index contributed by atoms with van der Waals surface area (Å²) >= 11 is 0. The molecule has 0 bridgehead atoms. The van der Waals surface area contributed by atoms with Crippen molar-refractivity contribution in [3.63, 3.8) is 0 Å². The van der Waals surface area contributed by atoms with E-state index in [1.54, 1.807) is 0 Å². The molecule has 0 radical (unpaired) electrons. The van der Waals surface area contributed by atoms with Crippen molar-refractivity contribution < 1.29 is 4.42 Å². The smallest absolute Gasteiger partial charge is 0.216 e. The lowest BCUT2D eigenvalue weighted by Gasteiger charge is -2.36. The number of hydrogen-bond acceptors (Lipinski definition) is 4. The fraction of sp³-hybridized carbons (Fsp3) is 0.455. The van der Waals surface area contributed by atoms with E-state index < -0.39 is 0 Å². The molecule has 1 N–H and O–H groups in total. The minimum atomic E-state index is 0.469. The molecule has 0 aliphatic carbocycles. The number of benzene rings is 1. The number of rotatable bonds is 6. The summed E-state index contributed by atoms with van der Waals surface area (Å²) in [7, 11) is 0. The maximum absolute atomic E-state index is 5.65. The van der Waals surface area contributed by atoms with Crippen LogP contribution in [0.2, 0.25) is 0 Å². The van der Waals surface area contributed by atoms with Crippen molar-refractivity contribution in [2.24, 2.45) is 4.99 Å². The number of aromatic nitrogens is 1. The van der Waals surface area contributed by atoms with Gasteiger partial charge in [-0.1, -0.05) is 42.5 Å². The van der Waals surface area contributed by atoms with E-state index in [4.69, 9.17) is 9.41 Å². The van der Waals surface area contributed by atoms with E-state index in [0.29, 0.717) is 12.4 Å². The summed E-state index contributed by atoms with van der Waals surface area (Å²) in [4.78, 5) is 13.9. The van der Waals surface area contributed by atoms with Crippen LogP contribution in [0.3, 0.4) is 0 Å². The van der Waals surface area contributed by atoms with Crippen molar-refractivity contribution in [2.45, 2.75) is 27.3 Å².